The number of alkyl halides is 2. The van der Waals surface area contributed by atoms with Crippen molar-refractivity contribution in [2.24, 2.45) is 0 Å². The highest BCUT2D eigenvalue weighted by Crippen LogP contribution is 2.18. The summed E-state index contributed by atoms with van der Waals surface area (Å²) in [6.07, 6.45) is 0. The van der Waals surface area contributed by atoms with Crippen LogP contribution in [0.5, 0.6) is 0 Å². The van der Waals surface area contributed by atoms with Gasteiger partial charge in [0.05, 0.1) is 0 Å². The summed E-state index contributed by atoms with van der Waals surface area (Å²) in [6, 6.07) is 0. The van der Waals surface area contributed by atoms with E-state index in [1.807, 2.05) is 0 Å². The van der Waals surface area contributed by atoms with Gasteiger partial charge in [0.2, 0.25) is 0 Å². The monoisotopic (exact) mass is 321 g/mol. The molecule has 0 saturated carbocycles. The maximum atomic E-state index is 10.4. The zero-order valence-corrected chi connectivity index (χ0v) is 10.2. The standard InChI is InChI=1S/C4H5Cl2N5O8/c5-3(8(12)13,9(14)15)1-7-2-4(6,10(16)17)11(18)19/h7H,1-2H2. The first-order valence-corrected chi connectivity index (χ1v) is 4.90. The molecule has 0 fully saturated rings. The summed E-state index contributed by atoms with van der Waals surface area (Å²) in [5, 5.41) is 36.9. The lowest BCUT2D eigenvalue weighted by Gasteiger charge is -2.13. The summed E-state index contributed by atoms with van der Waals surface area (Å²) >= 11 is 10.1. The topological polar surface area (TPSA) is 185 Å². The van der Waals surface area contributed by atoms with Crippen LogP contribution in [0.25, 0.3) is 0 Å². The Bertz CT molecular complexity index is 361. The molecule has 19 heavy (non-hydrogen) atoms. The minimum atomic E-state index is -3.20. The molecule has 0 aliphatic carbocycles. The fourth-order valence-corrected chi connectivity index (χ4v) is 0.961. The average Bonchev–Trinajstić information content (AvgIpc) is 2.27. The zero-order valence-electron chi connectivity index (χ0n) is 8.72. The molecule has 0 heterocycles. The van der Waals surface area contributed by atoms with Crippen molar-refractivity contribution in [3.63, 3.8) is 0 Å². The molecule has 0 aliphatic heterocycles. The van der Waals surface area contributed by atoms with Gasteiger partial charge in [-0.05, 0) is 0 Å². The Kier molecular flexibility index (Phi) is 5.28. The fourth-order valence-electron chi connectivity index (χ4n) is 0.772. The van der Waals surface area contributed by atoms with Gasteiger partial charge in [-0.3, -0.25) is 45.8 Å². The summed E-state index contributed by atoms with van der Waals surface area (Å²) in [5.74, 6) is 0. The van der Waals surface area contributed by atoms with Gasteiger partial charge in [0.25, 0.3) is 0 Å². The summed E-state index contributed by atoms with van der Waals surface area (Å²) in [4.78, 5) is 35.7. The Balaban J connectivity index is 4.84. The number of rotatable bonds is 8. The molecule has 0 aliphatic rings. The molecule has 15 heteroatoms. The maximum absolute atomic E-state index is 10.4. The maximum Gasteiger partial charge on any atom is 0.549 e. The number of hydrogen-bond acceptors (Lipinski definition) is 9. The number of halogens is 2. The number of nitro groups is 4. The molecular formula is C4H5Cl2N5O8. The van der Waals surface area contributed by atoms with Crippen molar-refractivity contribution in [1.29, 1.82) is 0 Å². The van der Waals surface area contributed by atoms with Crippen molar-refractivity contribution in [2.45, 2.75) is 10.2 Å². The highest BCUT2D eigenvalue weighted by Gasteiger charge is 2.58. The molecule has 0 unspecified atom stereocenters. The van der Waals surface area contributed by atoms with Crippen LogP contribution >= 0.6 is 23.2 Å². The molecular weight excluding hydrogens is 317 g/mol. The predicted octanol–water partition coefficient (Wildman–Crippen LogP) is -0.532. The van der Waals surface area contributed by atoms with Crippen molar-refractivity contribution in [3.05, 3.63) is 40.5 Å². The quantitative estimate of drug-likeness (QED) is 0.201. The van der Waals surface area contributed by atoms with Gasteiger partial charge in [-0.15, -0.1) is 0 Å². The predicted molar refractivity (Wildman–Crippen MR) is 58.0 cm³/mol. The van der Waals surface area contributed by atoms with Crippen LogP contribution in [0, 0.1) is 40.5 Å². The van der Waals surface area contributed by atoms with E-state index in [-0.39, 0.29) is 0 Å². The Hall–Kier alpha value is -1.86. The minimum Gasteiger partial charge on any atom is -0.288 e. The van der Waals surface area contributed by atoms with Crippen molar-refractivity contribution in [1.82, 2.24) is 5.32 Å². The Labute approximate surface area is 113 Å². The lowest BCUT2D eigenvalue weighted by Crippen LogP contribution is -2.54. The molecule has 1 N–H and O–H groups in total. The van der Waals surface area contributed by atoms with Crippen LogP contribution in [0.3, 0.4) is 0 Å². The van der Waals surface area contributed by atoms with Crippen LogP contribution in [0.15, 0.2) is 0 Å². The second-order valence-corrected chi connectivity index (χ2v) is 4.28. The van der Waals surface area contributed by atoms with E-state index in [9.17, 15) is 40.5 Å². The second-order valence-electron chi connectivity index (χ2n) is 3.07. The molecule has 0 spiro atoms. The van der Waals surface area contributed by atoms with Crippen molar-refractivity contribution >= 4 is 23.2 Å². The van der Waals surface area contributed by atoms with E-state index in [4.69, 9.17) is 23.2 Å². The number of nitrogens with one attached hydrogen (secondary N) is 1. The molecule has 0 rings (SSSR count). The van der Waals surface area contributed by atoms with E-state index >= 15 is 0 Å². The van der Waals surface area contributed by atoms with Crippen molar-refractivity contribution in [3.8, 4) is 0 Å². The molecule has 0 amide bonds. The van der Waals surface area contributed by atoms with Gasteiger partial charge in [-0.25, -0.2) is 0 Å². The summed E-state index contributed by atoms with van der Waals surface area (Å²) in [6.45, 7) is -2.41. The van der Waals surface area contributed by atoms with Crippen molar-refractivity contribution < 1.29 is 19.7 Å². The first kappa shape index (κ1) is 17.1. The van der Waals surface area contributed by atoms with Crippen LogP contribution in [-0.2, 0) is 0 Å². The van der Waals surface area contributed by atoms with Crippen LogP contribution in [-0.4, -0.2) is 43.0 Å². The Morgan fingerprint density at radius 2 is 0.947 bits per heavy atom. The third kappa shape index (κ3) is 3.55. The molecule has 13 nitrogen and oxygen atoms in total. The normalized spacial score (nSPS) is 11.9. The van der Waals surface area contributed by atoms with Crippen LogP contribution in [0.2, 0.25) is 0 Å². The van der Waals surface area contributed by atoms with Crippen molar-refractivity contribution in [2.75, 3.05) is 13.1 Å². The fraction of sp³-hybridized carbons (Fsp3) is 1.00. The lowest BCUT2D eigenvalue weighted by molar-refractivity contribution is -0.768. The van der Waals surface area contributed by atoms with E-state index in [0.717, 1.165) is 0 Å². The Morgan fingerprint density at radius 1 is 0.737 bits per heavy atom. The Morgan fingerprint density at radius 3 is 1.11 bits per heavy atom. The van der Waals surface area contributed by atoms with Crippen LogP contribution < -0.4 is 5.32 Å². The van der Waals surface area contributed by atoms with Crippen LogP contribution in [0.4, 0.5) is 0 Å². The highest BCUT2D eigenvalue weighted by molar-refractivity contribution is 6.22. The zero-order chi connectivity index (χ0) is 15.4. The molecule has 108 valence electrons. The van der Waals surface area contributed by atoms with E-state index in [1.165, 1.54) is 0 Å². The molecule has 0 aromatic carbocycles. The largest absolute Gasteiger partial charge is 0.549 e. The molecule has 0 saturated heterocycles. The van der Waals surface area contributed by atoms with Gasteiger partial charge in [-0.1, -0.05) is 0 Å². The van der Waals surface area contributed by atoms with E-state index < -0.39 is 43.0 Å². The van der Waals surface area contributed by atoms with Crippen LogP contribution in [0.1, 0.15) is 0 Å². The first-order chi connectivity index (χ1) is 8.48. The van der Waals surface area contributed by atoms with Gasteiger partial charge in [0.15, 0.2) is 13.1 Å². The van der Waals surface area contributed by atoms with E-state index in [2.05, 4.69) is 0 Å². The molecule has 0 aromatic rings. The SMILES string of the molecule is O=[N+]([O-])C(Cl)(CNCC(Cl)([N+](=O)[O-])[N+](=O)[O-])[N+](=O)[O-]. The van der Waals surface area contributed by atoms with Gasteiger partial charge in [0, 0.05) is 23.2 Å². The molecule has 0 radical (unpaired) electrons. The number of hydrogen-bond donors (Lipinski definition) is 1. The van der Waals surface area contributed by atoms with Gasteiger partial charge >= 0.3 is 10.2 Å². The van der Waals surface area contributed by atoms with E-state index in [0.29, 0.717) is 0 Å². The summed E-state index contributed by atoms with van der Waals surface area (Å²) < 4.78 is 0. The van der Waals surface area contributed by atoms with Gasteiger partial charge in [0.1, 0.15) is 19.7 Å². The van der Waals surface area contributed by atoms with Gasteiger partial charge < -0.3 is 0 Å². The second kappa shape index (κ2) is 5.85. The third-order valence-corrected chi connectivity index (χ3v) is 2.64. The molecule has 0 aromatic heterocycles. The lowest BCUT2D eigenvalue weighted by atomic mass is 10.4. The summed E-state index contributed by atoms with van der Waals surface area (Å²) in [5.41, 5.74) is 0. The first-order valence-electron chi connectivity index (χ1n) is 4.15. The molecule has 0 atom stereocenters. The summed E-state index contributed by atoms with van der Waals surface area (Å²) in [7, 11) is 0. The smallest absolute Gasteiger partial charge is 0.288 e. The number of nitrogens with zero attached hydrogens (tertiary/aromatic N) is 4. The minimum absolute atomic E-state index is 1.20. The average molecular weight is 322 g/mol. The third-order valence-electron chi connectivity index (χ3n) is 1.82. The van der Waals surface area contributed by atoms with Gasteiger partial charge in [-0.2, -0.15) is 0 Å². The van der Waals surface area contributed by atoms with E-state index in [1.54, 1.807) is 5.32 Å². The molecule has 0 bridgehead atoms. The highest BCUT2D eigenvalue weighted by atomic mass is 35.5.